The van der Waals surface area contributed by atoms with Crippen LogP contribution in [0.5, 0.6) is 0 Å². The van der Waals surface area contributed by atoms with Gasteiger partial charge in [-0.05, 0) is 43.0 Å². The maximum Gasteiger partial charge on any atom is 0.249 e. The van der Waals surface area contributed by atoms with Crippen molar-refractivity contribution < 1.29 is 9.53 Å². The van der Waals surface area contributed by atoms with Crippen LogP contribution in [0.4, 0.5) is 0 Å². The Kier molecular flexibility index (Phi) is 5.03. The molecular weight excluding hydrogens is 288 g/mol. The molecular formula is C19H22N2O2. The summed E-state index contributed by atoms with van der Waals surface area (Å²) in [6.07, 6.45) is 3.27. The van der Waals surface area contributed by atoms with Crippen LogP contribution >= 0.6 is 0 Å². The maximum absolute atomic E-state index is 12.2. The van der Waals surface area contributed by atoms with Gasteiger partial charge >= 0.3 is 0 Å². The summed E-state index contributed by atoms with van der Waals surface area (Å²) in [4.78, 5) is 16.7. The zero-order valence-electron chi connectivity index (χ0n) is 13.4. The van der Waals surface area contributed by atoms with E-state index in [2.05, 4.69) is 29.4 Å². The topological polar surface area (TPSA) is 51.2 Å². The van der Waals surface area contributed by atoms with Crippen LogP contribution in [0.15, 0.2) is 48.7 Å². The number of carbonyl (C=O) groups is 1. The van der Waals surface area contributed by atoms with Crippen LogP contribution in [0.2, 0.25) is 0 Å². The van der Waals surface area contributed by atoms with Gasteiger partial charge in [-0.3, -0.25) is 9.78 Å². The zero-order chi connectivity index (χ0) is 16.1. The Bertz CT molecular complexity index is 651. The third kappa shape index (κ3) is 3.77. The van der Waals surface area contributed by atoms with E-state index in [1.165, 1.54) is 11.1 Å². The molecule has 2 unspecified atom stereocenters. The standard InChI is InChI=1S/C19H22N2O2/c1-14-7-2-3-8-15(14)16(17-9-4-5-11-20-17)13-21-19(22)18-10-6-12-23-18/h2-5,7-9,11,16,18H,6,10,12-13H2,1H3,(H,21,22). The highest BCUT2D eigenvalue weighted by Gasteiger charge is 2.25. The second-order valence-corrected chi connectivity index (χ2v) is 5.91. The second kappa shape index (κ2) is 7.38. The van der Waals surface area contributed by atoms with Gasteiger partial charge in [-0.15, -0.1) is 0 Å². The first-order valence-electron chi connectivity index (χ1n) is 8.11. The van der Waals surface area contributed by atoms with Gasteiger partial charge in [0.05, 0.1) is 0 Å². The van der Waals surface area contributed by atoms with E-state index in [0.29, 0.717) is 13.2 Å². The first kappa shape index (κ1) is 15.7. The molecule has 1 aliphatic rings. The minimum atomic E-state index is -0.295. The van der Waals surface area contributed by atoms with Crippen molar-refractivity contribution in [3.05, 3.63) is 65.5 Å². The summed E-state index contributed by atoms with van der Waals surface area (Å²) in [6.45, 7) is 3.30. The molecule has 2 heterocycles. The molecule has 1 amide bonds. The molecule has 2 atom stereocenters. The Morgan fingerprint density at radius 1 is 1.30 bits per heavy atom. The molecule has 1 aromatic heterocycles. The maximum atomic E-state index is 12.2. The van der Waals surface area contributed by atoms with Crippen molar-refractivity contribution in [3.63, 3.8) is 0 Å². The summed E-state index contributed by atoms with van der Waals surface area (Å²) in [7, 11) is 0. The number of hydrogen-bond donors (Lipinski definition) is 1. The van der Waals surface area contributed by atoms with E-state index >= 15 is 0 Å². The SMILES string of the molecule is Cc1ccccc1C(CNC(=O)C1CCCO1)c1ccccn1. The highest BCUT2D eigenvalue weighted by molar-refractivity contribution is 5.81. The third-order valence-electron chi connectivity index (χ3n) is 4.31. The van der Waals surface area contributed by atoms with Gasteiger partial charge in [0, 0.05) is 31.0 Å². The first-order chi connectivity index (χ1) is 11.3. The minimum Gasteiger partial charge on any atom is -0.368 e. The predicted octanol–water partition coefficient (Wildman–Crippen LogP) is 2.82. The number of pyridine rings is 1. The van der Waals surface area contributed by atoms with Crippen LogP contribution in [0.1, 0.15) is 35.6 Å². The summed E-state index contributed by atoms with van der Waals surface area (Å²) in [5, 5.41) is 3.04. The quantitative estimate of drug-likeness (QED) is 0.924. The van der Waals surface area contributed by atoms with Crippen molar-refractivity contribution in [1.82, 2.24) is 10.3 Å². The highest BCUT2D eigenvalue weighted by atomic mass is 16.5. The first-order valence-corrected chi connectivity index (χ1v) is 8.11. The summed E-state index contributed by atoms with van der Waals surface area (Å²) >= 11 is 0. The molecule has 4 heteroatoms. The Morgan fingerprint density at radius 3 is 2.83 bits per heavy atom. The van der Waals surface area contributed by atoms with Gasteiger partial charge in [0.2, 0.25) is 5.91 Å². The number of aromatic nitrogens is 1. The summed E-state index contributed by atoms with van der Waals surface area (Å²) < 4.78 is 5.45. The average Bonchev–Trinajstić information content (AvgIpc) is 3.12. The number of amides is 1. The largest absolute Gasteiger partial charge is 0.368 e. The van der Waals surface area contributed by atoms with Gasteiger partial charge in [0.15, 0.2) is 0 Å². The smallest absolute Gasteiger partial charge is 0.249 e. The third-order valence-corrected chi connectivity index (χ3v) is 4.31. The lowest BCUT2D eigenvalue weighted by Crippen LogP contribution is -2.37. The van der Waals surface area contributed by atoms with E-state index in [0.717, 1.165) is 18.5 Å². The van der Waals surface area contributed by atoms with Gasteiger partial charge in [-0.1, -0.05) is 30.3 Å². The molecule has 1 aromatic carbocycles. The van der Waals surface area contributed by atoms with Crippen LogP contribution in [0.3, 0.4) is 0 Å². The number of hydrogen-bond acceptors (Lipinski definition) is 3. The van der Waals surface area contributed by atoms with E-state index in [1.54, 1.807) is 6.20 Å². The Hall–Kier alpha value is -2.20. The minimum absolute atomic E-state index is 0.0167. The fourth-order valence-corrected chi connectivity index (χ4v) is 3.03. The molecule has 120 valence electrons. The van der Waals surface area contributed by atoms with Crippen LogP contribution in [0, 0.1) is 6.92 Å². The molecule has 0 bridgehead atoms. The molecule has 3 rings (SSSR count). The lowest BCUT2D eigenvalue weighted by Gasteiger charge is -2.20. The van der Waals surface area contributed by atoms with Crippen molar-refractivity contribution in [2.75, 3.05) is 13.2 Å². The van der Waals surface area contributed by atoms with Crippen molar-refractivity contribution in [1.29, 1.82) is 0 Å². The predicted molar refractivity (Wildman–Crippen MR) is 89.2 cm³/mol. The van der Waals surface area contributed by atoms with E-state index in [9.17, 15) is 4.79 Å². The van der Waals surface area contributed by atoms with Crippen LogP contribution in [0.25, 0.3) is 0 Å². The average molecular weight is 310 g/mol. The summed E-state index contributed by atoms with van der Waals surface area (Å²) in [5.74, 6) is 0.0276. The highest BCUT2D eigenvalue weighted by Crippen LogP contribution is 2.25. The van der Waals surface area contributed by atoms with Crippen molar-refractivity contribution >= 4 is 5.91 Å². The number of rotatable bonds is 5. The van der Waals surface area contributed by atoms with E-state index in [-0.39, 0.29) is 17.9 Å². The molecule has 0 saturated carbocycles. The molecule has 1 saturated heterocycles. The van der Waals surface area contributed by atoms with Crippen LogP contribution in [-0.4, -0.2) is 30.1 Å². The fraction of sp³-hybridized carbons (Fsp3) is 0.368. The van der Waals surface area contributed by atoms with Crippen molar-refractivity contribution in [2.24, 2.45) is 0 Å². The Labute approximate surface area is 136 Å². The summed E-state index contributed by atoms with van der Waals surface area (Å²) in [5.41, 5.74) is 3.36. The Balaban J connectivity index is 1.78. The molecule has 0 spiro atoms. The van der Waals surface area contributed by atoms with Gasteiger partial charge in [0.1, 0.15) is 6.10 Å². The number of benzene rings is 1. The summed E-state index contributed by atoms with van der Waals surface area (Å²) in [6, 6.07) is 14.1. The van der Waals surface area contributed by atoms with Gasteiger partial charge in [-0.25, -0.2) is 0 Å². The molecule has 23 heavy (non-hydrogen) atoms. The lowest BCUT2D eigenvalue weighted by molar-refractivity contribution is -0.130. The van der Waals surface area contributed by atoms with E-state index in [4.69, 9.17) is 4.74 Å². The zero-order valence-corrected chi connectivity index (χ0v) is 13.4. The molecule has 0 aliphatic carbocycles. The molecule has 1 aliphatic heterocycles. The molecule has 4 nitrogen and oxygen atoms in total. The monoisotopic (exact) mass is 310 g/mol. The number of aryl methyl sites for hydroxylation is 1. The second-order valence-electron chi connectivity index (χ2n) is 5.91. The lowest BCUT2D eigenvalue weighted by atomic mass is 9.91. The van der Waals surface area contributed by atoms with E-state index in [1.807, 2.05) is 30.3 Å². The molecule has 1 fully saturated rings. The fourth-order valence-electron chi connectivity index (χ4n) is 3.03. The Morgan fingerprint density at radius 2 is 2.13 bits per heavy atom. The van der Waals surface area contributed by atoms with Gasteiger partial charge < -0.3 is 10.1 Å². The number of ether oxygens (including phenoxy) is 1. The normalized spacial score (nSPS) is 18.6. The number of nitrogens with zero attached hydrogens (tertiary/aromatic N) is 1. The molecule has 1 N–H and O–H groups in total. The van der Waals surface area contributed by atoms with Gasteiger partial charge in [-0.2, -0.15) is 0 Å². The number of nitrogens with one attached hydrogen (secondary N) is 1. The number of carbonyl (C=O) groups excluding carboxylic acids is 1. The van der Waals surface area contributed by atoms with Crippen LogP contribution < -0.4 is 5.32 Å². The van der Waals surface area contributed by atoms with E-state index < -0.39 is 0 Å². The molecule has 0 radical (unpaired) electrons. The van der Waals surface area contributed by atoms with Gasteiger partial charge in [0.25, 0.3) is 0 Å². The molecule has 2 aromatic rings. The van der Waals surface area contributed by atoms with Crippen LogP contribution in [-0.2, 0) is 9.53 Å². The van der Waals surface area contributed by atoms with Crippen molar-refractivity contribution in [2.45, 2.75) is 31.8 Å². The van der Waals surface area contributed by atoms with Crippen molar-refractivity contribution in [3.8, 4) is 0 Å².